The minimum absolute atomic E-state index is 0.0790. The fourth-order valence-corrected chi connectivity index (χ4v) is 3.88. The van der Waals surface area contributed by atoms with Crippen molar-refractivity contribution in [3.05, 3.63) is 64.9 Å². The molecule has 1 saturated heterocycles. The molecule has 0 spiro atoms. The lowest BCUT2D eigenvalue weighted by Gasteiger charge is -2.36. The number of benzene rings is 2. The van der Waals surface area contributed by atoms with Gasteiger partial charge < -0.3 is 19.0 Å². The fraction of sp³-hybridized carbons (Fsp3) is 0.318. The second-order valence-electron chi connectivity index (χ2n) is 6.77. The Kier molecular flexibility index (Phi) is 5.55. The molecule has 1 aliphatic heterocycles. The van der Waals surface area contributed by atoms with Crippen LogP contribution in [0.2, 0.25) is 5.02 Å². The van der Waals surface area contributed by atoms with Gasteiger partial charge in [0.15, 0.2) is 5.76 Å². The first-order valence-corrected chi connectivity index (χ1v) is 9.93. The molecule has 28 heavy (non-hydrogen) atoms. The number of hydrogen-bond acceptors (Lipinski definition) is 4. The van der Waals surface area contributed by atoms with E-state index in [-0.39, 0.29) is 5.91 Å². The van der Waals surface area contributed by atoms with E-state index in [0.717, 1.165) is 40.3 Å². The Balaban J connectivity index is 1.53. The lowest BCUT2D eigenvalue weighted by Crippen LogP contribution is -2.49. The van der Waals surface area contributed by atoms with Crippen LogP contribution in [0.3, 0.4) is 0 Å². The molecule has 1 amide bonds. The number of anilines is 1. The van der Waals surface area contributed by atoms with Gasteiger partial charge in [0.05, 0.1) is 17.3 Å². The smallest absolute Gasteiger partial charge is 0.290 e. The van der Waals surface area contributed by atoms with Crippen molar-refractivity contribution in [1.29, 1.82) is 0 Å². The van der Waals surface area contributed by atoms with Gasteiger partial charge in [-0.15, -0.1) is 0 Å². The Bertz CT molecular complexity index is 977. The molecule has 0 radical (unpaired) electrons. The number of carbonyl (C=O) groups is 1. The minimum Gasteiger partial charge on any atom is -0.451 e. The van der Waals surface area contributed by atoms with E-state index in [4.69, 9.17) is 20.8 Å². The number of fused-ring (bicyclic) bond motifs is 1. The molecule has 3 aromatic rings. The standard InChI is InChI=1S/C22H23ClN2O3/c1-2-27-15-17-16-7-3-6-10-20(16)28-21(17)22(26)25-13-11-24(12-14-25)19-9-5-4-8-18(19)23/h3-10H,2,11-15H2,1H3. The summed E-state index contributed by atoms with van der Waals surface area (Å²) in [5, 5.41) is 1.67. The van der Waals surface area contributed by atoms with Crippen LogP contribution in [0.5, 0.6) is 0 Å². The molecule has 2 heterocycles. The van der Waals surface area contributed by atoms with E-state index in [1.807, 2.05) is 60.4 Å². The number of piperazine rings is 1. The Morgan fingerprint density at radius 3 is 2.54 bits per heavy atom. The summed E-state index contributed by atoms with van der Waals surface area (Å²) in [6.07, 6.45) is 0. The summed E-state index contributed by atoms with van der Waals surface area (Å²) < 4.78 is 11.5. The Morgan fingerprint density at radius 1 is 1.07 bits per heavy atom. The summed E-state index contributed by atoms with van der Waals surface area (Å²) in [6.45, 7) is 5.60. The van der Waals surface area contributed by atoms with Gasteiger partial charge in [-0.25, -0.2) is 0 Å². The Morgan fingerprint density at radius 2 is 1.79 bits per heavy atom. The van der Waals surface area contributed by atoms with Crippen molar-refractivity contribution in [3.8, 4) is 0 Å². The quantitative estimate of drug-likeness (QED) is 0.630. The average molecular weight is 399 g/mol. The molecule has 1 aromatic heterocycles. The fourth-order valence-electron chi connectivity index (χ4n) is 3.62. The van der Waals surface area contributed by atoms with Crippen molar-refractivity contribution < 1.29 is 13.9 Å². The minimum atomic E-state index is -0.0790. The maximum atomic E-state index is 13.2. The average Bonchev–Trinajstić information content (AvgIpc) is 3.11. The third kappa shape index (κ3) is 3.60. The third-order valence-electron chi connectivity index (χ3n) is 5.10. The largest absolute Gasteiger partial charge is 0.451 e. The van der Waals surface area contributed by atoms with Crippen LogP contribution < -0.4 is 4.90 Å². The van der Waals surface area contributed by atoms with Gasteiger partial charge in [0.2, 0.25) is 0 Å². The van der Waals surface area contributed by atoms with Crippen LogP contribution in [0.25, 0.3) is 11.0 Å². The van der Waals surface area contributed by atoms with Crippen LogP contribution in [-0.4, -0.2) is 43.6 Å². The third-order valence-corrected chi connectivity index (χ3v) is 5.42. The highest BCUT2D eigenvalue weighted by atomic mass is 35.5. The van der Waals surface area contributed by atoms with Crippen molar-refractivity contribution in [2.75, 3.05) is 37.7 Å². The molecule has 5 nitrogen and oxygen atoms in total. The number of rotatable bonds is 5. The molecule has 2 aromatic carbocycles. The van der Waals surface area contributed by atoms with Crippen LogP contribution in [0.15, 0.2) is 52.9 Å². The molecule has 6 heteroatoms. The summed E-state index contributed by atoms with van der Waals surface area (Å²) in [5.41, 5.74) is 2.56. The molecule has 0 saturated carbocycles. The molecule has 0 aliphatic carbocycles. The normalized spacial score (nSPS) is 14.6. The zero-order chi connectivity index (χ0) is 19.5. The maximum Gasteiger partial charge on any atom is 0.290 e. The number of carbonyl (C=O) groups excluding carboxylic acids is 1. The second-order valence-corrected chi connectivity index (χ2v) is 7.18. The highest BCUT2D eigenvalue weighted by molar-refractivity contribution is 6.33. The maximum absolute atomic E-state index is 13.2. The van der Waals surface area contributed by atoms with E-state index in [1.54, 1.807) is 0 Å². The summed E-state index contributed by atoms with van der Waals surface area (Å²) in [4.78, 5) is 17.3. The van der Waals surface area contributed by atoms with Gasteiger partial charge in [-0.2, -0.15) is 0 Å². The summed E-state index contributed by atoms with van der Waals surface area (Å²) >= 11 is 6.32. The van der Waals surface area contributed by atoms with Gasteiger partial charge in [-0.05, 0) is 25.1 Å². The lowest BCUT2D eigenvalue weighted by molar-refractivity contribution is 0.0706. The lowest BCUT2D eigenvalue weighted by atomic mass is 10.1. The van der Waals surface area contributed by atoms with Crippen molar-refractivity contribution in [2.24, 2.45) is 0 Å². The zero-order valence-corrected chi connectivity index (χ0v) is 16.6. The predicted molar refractivity (Wildman–Crippen MR) is 111 cm³/mol. The molecule has 0 atom stereocenters. The van der Waals surface area contributed by atoms with Crippen molar-refractivity contribution >= 4 is 34.2 Å². The second kappa shape index (κ2) is 8.25. The van der Waals surface area contributed by atoms with Gasteiger partial charge in [0.1, 0.15) is 5.58 Å². The van der Waals surface area contributed by atoms with Gasteiger partial charge >= 0.3 is 0 Å². The molecular weight excluding hydrogens is 376 g/mol. The van der Waals surface area contributed by atoms with Gasteiger partial charge in [-0.1, -0.05) is 41.9 Å². The van der Waals surface area contributed by atoms with E-state index >= 15 is 0 Å². The van der Waals surface area contributed by atoms with Gasteiger partial charge in [0.25, 0.3) is 5.91 Å². The Labute approximate surface area is 169 Å². The first-order chi connectivity index (χ1) is 13.7. The van der Waals surface area contributed by atoms with Crippen LogP contribution in [0, 0.1) is 0 Å². The molecule has 146 valence electrons. The van der Waals surface area contributed by atoms with E-state index in [0.29, 0.717) is 32.1 Å². The number of furan rings is 1. The summed E-state index contributed by atoms with van der Waals surface area (Å²) in [6, 6.07) is 15.5. The highest BCUT2D eigenvalue weighted by Crippen LogP contribution is 2.29. The number of ether oxygens (including phenoxy) is 1. The predicted octanol–water partition coefficient (Wildman–Crippen LogP) is 4.59. The Hall–Kier alpha value is -2.50. The van der Waals surface area contributed by atoms with Crippen molar-refractivity contribution in [1.82, 2.24) is 4.90 Å². The molecule has 0 unspecified atom stereocenters. The van der Waals surface area contributed by atoms with E-state index in [1.165, 1.54) is 0 Å². The first-order valence-electron chi connectivity index (χ1n) is 9.56. The van der Waals surface area contributed by atoms with Gasteiger partial charge in [0, 0.05) is 43.7 Å². The van der Waals surface area contributed by atoms with Crippen LogP contribution in [0.4, 0.5) is 5.69 Å². The monoisotopic (exact) mass is 398 g/mol. The van der Waals surface area contributed by atoms with Crippen LogP contribution in [0.1, 0.15) is 23.0 Å². The highest BCUT2D eigenvalue weighted by Gasteiger charge is 2.28. The van der Waals surface area contributed by atoms with Crippen molar-refractivity contribution in [2.45, 2.75) is 13.5 Å². The van der Waals surface area contributed by atoms with Crippen molar-refractivity contribution in [3.63, 3.8) is 0 Å². The topological polar surface area (TPSA) is 45.9 Å². The summed E-state index contributed by atoms with van der Waals surface area (Å²) in [5.74, 6) is 0.311. The molecule has 0 bridgehead atoms. The number of para-hydroxylation sites is 2. The summed E-state index contributed by atoms with van der Waals surface area (Å²) in [7, 11) is 0. The van der Waals surface area contributed by atoms with Crippen LogP contribution in [-0.2, 0) is 11.3 Å². The number of nitrogens with zero attached hydrogens (tertiary/aromatic N) is 2. The molecule has 0 N–H and O–H groups in total. The van der Waals surface area contributed by atoms with Gasteiger partial charge in [-0.3, -0.25) is 4.79 Å². The number of halogens is 1. The molecular formula is C22H23ClN2O3. The number of amides is 1. The number of hydrogen-bond donors (Lipinski definition) is 0. The van der Waals surface area contributed by atoms with E-state index < -0.39 is 0 Å². The molecule has 4 rings (SSSR count). The van der Waals surface area contributed by atoms with E-state index in [2.05, 4.69) is 4.90 Å². The molecule has 1 fully saturated rings. The van der Waals surface area contributed by atoms with Crippen LogP contribution >= 0.6 is 11.6 Å². The van der Waals surface area contributed by atoms with E-state index in [9.17, 15) is 4.79 Å². The zero-order valence-electron chi connectivity index (χ0n) is 15.9. The SMILES string of the molecule is CCOCc1c(C(=O)N2CCN(c3ccccc3Cl)CC2)oc2ccccc12. The first kappa shape index (κ1) is 18.8. The molecule has 1 aliphatic rings.